The summed E-state index contributed by atoms with van der Waals surface area (Å²) in [5.74, 6) is 0.131. The van der Waals surface area contributed by atoms with Crippen LogP contribution in [0.5, 0.6) is 0 Å². The second kappa shape index (κ2) is 8.91. The molecular formula is C22H26N6O4. The molecule has 2 aliphatic heterocycles. The van der Waals surface area contributed by atoms with E-state index in [9.17, 15) is 19.5 Å². The molecule has 168 valence electrons. The van der Waals surface area contributed by atoms with Gasteiger partial charge in [-0.25, -0.2) is 4.98 Å². The first kappa shape index (κ1) is 21.7. The van der Waals surface area contributed by atoms with Crippen molar-refractivity contribution in [1.82, 2.24) is 20.2 Å². The largest absolute Gasteiger partial charge is 0.394 e. The first-order valence-electron chi connectivity index (χ1n) is 10.6. The Bertz CT molecular complexity index is 1060. The van der Waals surface area contributed by atoms with Crippen LogP contribution < -0.4 is 16.0 Å². The van der Waals surface area contributed by atoms with Crippen LogP contribution in [0.3, 0.4) is 0 Å². The summed E-state index contributed by atoms with van der Waals surface area (Å²) in [7, 11) is 0. The Morgan fingerprint density at radius 2 is 2.06 bits per heavy atom. The summed E-state index contributed by atoms with van der Waals surface area (Å²) in [4.78, 5) is 46.9. The molecule has 1 aromatic carbocycles. The van der Waals surface area contributed by atoms with E-state index in [0.717, 1.165) is 5.56 Å². The quantitative estimate of drug-likeness (QED) is 0.477. The van der Waals surface area contributed by atoms with Gasteiger partial charge in [0, 0.05) is 36.0 Å². The Balaban J connectivity index is 1.54. The van der Waals surface area contributed by atoms with Crippen LogP contribution in [0, 0.1) is 5.92 Å². The van der Waals surface area contributed by atoms with E-state index >= 15 is 0 Å². The summed E-state index contributed by atoms with van der Waals surface area (Å²) in [6, 6.07) is 6.22. The molecule has 0 saturated carbocycles. The van der Waals surface area contributed by atoms with E-state index in [0.29, 0.717) is 29.4 Å². The summed E-state index contributed by atoms with van der Waals surface area (Å²) < 4.78 is 0. The molecule has 32 heavy (non-hydrogen) atoms. The first-order valence-corrected chi connectivity index (χ1v) is 10.6. The molecule has 0 spiro atoms. The molecule has 1 aromatic heterocycles. The lowest BCUT2D eigenvalue weighted by molar-refractivity contribution is -0.136. The van der Waals surface area contributed by atoms with Crippen molar-refractivity contribution in [1.29, 1.82) is 0 Å². The second-order valence-corrected chi connectivity index (χ2v) is 8.30. The molecule has 1 saturated heterocycles. The number of nitrogens with one attached hydrogen (secondary N) is 3. The van der Waals surface area contributed by atoms with Gasteiger partial charge in [-0.05, 0) is 30.5 Å². The maximum atomic E-state index is 13.0. The smallest absolute Gasteiger partial charge is 0.255 e. The number of aromatic nitrogens is 2. The maximum absolute atomic E-state index is 13.0. The highest BCUT2D eigenvalue weighted by atomic mass is 16.3. The molecule has 10 heteroatoms. The van der Waals surface area contributed by atoms with E-state index in [1.165, 1.54) is 4.90 Å². The van der Waals surface area contributed by atoms with Crippen molar-refractivity contribution >= 4 is 35.2 Å². The van der Waals surface area contributed by atoms with E-state index in [-0.39, 0.29) is 43.3 Å². The Hall–Kier alpha value is -3.53. The molecule has 1 fully saturated rings. The van der Waals surface area contributed by atoms with Crippen LogP contribution in [0.1, 0.15) is 42.6 Å². The van der Waals surface area contributed by atoms with Gasteiger partial charge in [0.15, 0.2) is 0 Å². The fraction of sp³-hybridized carbons (Fsp3) is 0.409. The number of anilines is 3. The standard InChI is InChI=1S/C22H26N6O4/c1-12(2)16(11-29)25-22-23-9-8-18(26-22)24-15-5-3-4-13-14(15)10-28(21(13)32)17-6-7-19(30)27-20(17)31/h3-5,8-9,12,16-17,29H,6-7,10-11H2,1-2H3,(H,27,30,31)(H2,23,24,25,26). The van der Waals surface area contributed by atoms with Crippen molar-refractivity contribution < 1.29 is 19.5 Å². The van der Waals surface area contributed by atoms with Crippen LogP contribution in [0.4, 0.5) is 17.5 Å². The number of carbonyl (C=O) groups excluding carboxylic acids is 3. The number of aliphatic hydroxyl groups excluding tert-OH is 1. The van der Waals surface area contributed by atoms with Gasteiger partial charge in [-0.15, -0.1) is 0 Å². The number of hydrogen-bond acceptors (Lipinski definition) is 8. The van der Waals surface area contributed by atoms with Crippen LogP contribution >= 0.6 is 0 Å². The van der Waals surface area contributed by atoms with Gasteiger partial charge in [0.25, 0.3) is 5.91 Å². The van der Waals surface area contributed by atoms with Gasteiger partial charge in [-0.1, -0.05) is 19.9 Å². The number of benzene rings is 1. The Morgan fingerprint density at radius 1 is 1.25 bits per heavy atom. The molecule has 2 aliphatic rings. The molecule has 2 atom stereocenters. The van der Waals surface area contributed by atoms with E-state index in [1.54, 1.807) is 24.4 Å². The van der Waals surface area contributed by atoms with Gasteiger partial charge < -0.3 is 20.6 Å². The molecule has 3 amide bonds. The van der Waals surface area contributed by atoms with Crippen LogP contribution in [-0.2, 0) is 16.1 Å². The van der Waals surface area contributed by atoms with Crippen LogP contribution in [0.2, 0.25) is 0 Å². The Labute approximate surface area is 185 Å². The van der Waals surface area contributed by atoms with E-state index in [4.69, 9.17) is 0 Å². The number of piperidine rings is 1. The molecule has 2 aromatic rings. The fourth-order valence-corrected chi connectivity index (χ4v) is 3.93. The van der Waals surface area contributed by atoms with Crippen molar-refractivity contribution in [3.05, 3.63) is 41.6 Å². The average Bonchev–Trinajstić information content (AvgIpc) is 3.09. The Morgan fingerprint density at radius 3 is 2.78 bits per heavy atom. The van der Waals surface area contributed by atoms with Crippen molar-refractivity contribution in [3.63, 3.8) is 0 Å². The average molecular weight is 438 g/mol. The van der Waals surface area contributed by atoms with E-state index in [1.807, 2.05) is 19.9 Å². The normalized spacial score (nSPS) is 19.1. The number of rotatable bonds is 7. The summed E-state index contributed by atoms with van der Waals surface area (Å²) in [5, 5.41) is 18.2. The highest BCUT2D eigenvalue weighted by Crippen LogP contribution is 2.33. The van der Waals surface area contributed by atoms with Crippen molar-refractivity contribution in [2.45, 2.75) is 45.3 Å². The minimum Gasteiger partial charge on any atom is -0.394 e. The van der Waals surface area contributed by atoms with Gasteiger partial charge in [0.05, 0.1) is 12.6 Å². The zero-order valence-electron chi connectivity index (χ0n) is 18.0. The fourth-order valence-electron chi connectivity index (χ4n) is 3.93. The lowest BCUT2D eigenvalue weighted by Crippen LogP contribution is -2.52. The minimum absolute atomic E-state index is 0.0385. The van der Waals surface area contributed by atoms with Crippen molar-refractivity contribution in [2.75, 3.05) is 17.2 Å². The maximum Gasteiger partial charge on any atom is 0.255 e. The summed E-state index contributed by atoms with van der Waals surface area (Å²) >= 11 is 0. The SMILES string of the molecule is CC(C)C(CO)Nc1nccc(Nc2cccc3c2CN(C2CCC(=O)NC2=O)C3=O)n1. The molecular weight excluding hydrogens is 412 g/mol. The Kier molecular flexibility index (Phi) is 6.04. The zero-order chi connectivity index (χ0) is 22.8. The number of hydrogen-bond donors (Lipinski definition) is 4. The third-order valence-corrected chi connectivity index (χ3v) is 5.82. The number of amides is 3. The topological polar surface area (TPSA) is 137 Å². The molecule has 10 nitrogen and oxygen atoms in total. The molecule has 2 unspecified atom stereocenters. The zero-order valence-corrected chi connectivity index (χ0v) is 18.0. The lowest BCUT2D eigenvalue weighted by atomic mass is 10.0. The van der Waals surface area contributed by atoms with Crippen LogP contribution in [0.25, 0.3) is 0 Å². The highest BCUT2D eigenvalue weighted by Gasteiger charge is 2.39. The predicted octanol–water partition coefficient (Wildman–Crippen LogP) is 1.41. The van der Waals surface area contributed by atoms with Crippen molar-refractivity contribution in [3.8, 4) is 0 Å². The molecule has 4 N–H and O–H groups in total. The van der Waals surface area contributed by atoms with E-state index < -0.39 is 11.9 Å². The first-order chi connectivity index (χ1) is 15.4. The van der Waals surface area contributed by atoms with Crippen LogP contribution in [0.15, 0.2) is 30.5 Å². The predicted molar refractivity (Wildman–Crippen MR) is 117 cm³/mol. The molecule has 0 aliphatic carbocycles. The van der Waals surface area contributed by atoms with Gasteiger partial charge in [0.1, 0.15) is 11.9 Å². The second-order valence-electron chi connectivity index (χ2n) is 8.30. The third kappa shape index (κ3) is 4.26. The van der Waals surface area contributed by atoms with Crippen LogP contribution in [-0.4, -0.2) is 56.4 Å². The summed E-state index contributed by atoms with van der Waals surface area (Å²) in [6.45, 7) is 4.21. The highest BCUT2D eigenvalue weighted by molar-refractivity contribution is 6.06. The minimum atomic E-state index is -0.665. The number of carbonyl (C=O) groups is 3. The van der Waals surface area contributed by atoms with Gasteiger partial charge >= 0.3 is 0 Å². The molecule has 0 radical (unpaired) electrons. The summed E-state index contributed by atoms with van der Waals surface area (Å²) in [5.41, 5.74) is 2.00. The monoisotopic (exact) mass is 438 g/mol. The van der Waals surface area contributed by atoms with Gasteiger partial charge in [-0.3, -0.25) is 19.7 Å². The van der Waals surface area contributed by atoms with Crippen molar-refractivity contribution in [2.24, 2.45) is 5.92 Å². The van der Waals surface area contributed by atoms with E-state index in [2.05, 4.69) is 25.9 Å². The number of imide groups is 1. The van der Waals surface area contributed by atoms with Gasteiger partial charge in [-0.2, -0.15) is 4.98 Å². The third-order valence-electron chi connectivity index (χ3n) is 5.82. The number of fused-ring (bicyclic) bond motifs is 1. The number of nitrogens with zero attached hydrogens (tertiary/aromatic N) is 3. The molecule has 3 heterocycles. The van der Waals surface area contributed by atoms with Gasteiger partial charge in [0.2, 0.25) is 17.8 Å². The summed E-state index contributed by atoms with van der Waals surface area (Å²) in [6.07, 6.45) is 2.13. The molecule has 0 bridgehead atoms. The molecule has 4 rings (SSSR count). The number of aliphatic hydroxyl groups is 1. The lowest BCUT2D eigenvalue weighted by Gasteiger charge is -2.29.